The molecule has 0 aliphatic carbocycles. The first-order valence-electron chi connectivity index (χ1n) is 8.28. The first-order chi connectivity index (χ1) is 12.2. The molecule has 3 N–H and O–H groups in total. The van der Waals surface area contributed by atoms with Crippen LogP contribution in [0.1, 0.15) is 11.3 Å². The largest absolute Gasteiger partial charge is 0.361 e. The van der Waals surface area contributed by atoms with Crippen molar-refractivity contribution in [3.05, 3.63) is 47.1 Å². The van der Waals surface area contributed by atoms with Crippen LogP contribution in [0.25, 0.3) is 10.9 Å². The average Bonchev–Trinajstić information content (AvgIpc) is 3.25. The van der Waals surface area contributed by atoms with Gasteiger partial charge in [0.15, 0.2) is 11.1 Å². The molecular formula is C18H24N6S. The van der Waals surface area contributed by atoms with Crippen molar-refractivity contribution in [2.24, 2.45) is 4.99 Å². The number of para-hydroxylation sites is 1. The Morgan fingerprint density at radius 3 is 2.88 bits per heavy atom. The predicted molar refractivity (Wildman–Crippen MR) is 107 cm³/mol. The lowest BCUT2D eigenvalue weighted by atomic mass is 10.1. The Balaban J connectivity index is 1.49. The maximum Gasteiger partial charge on any atom is 0.191 e. The predicted octanol–water partition coefficient (Wildman–Crippen LogP) is 2.60. The number of hydrogen-bond acceptors (Lipinski definition) is 4. The minimum Gasteiger partial charge on any atom is -0.361 e. The molecule has 0 atom stereocenters. The van der Waals surface area contributed by atoms with Crippen molar-refractivity contribution in [2.45, 2.75) is 13.0 Å². The lowest BCUT2D eigenvalue weighted by Crippen LogP contribution is -2.37. The molecule has 0 bridgehead atoms. The fourth-order valence-corrected chi connectivity index (χ4v) is 3.39. The minimum absolute atomic E-state index is 0.664. The molecule has 0 saturated heterocycles. The molecule has 0 aliphatic heterocycles. The monoisotopic (exact) mass is 356 g/mol. The van der Waals surface area contributed by atoms with Gasteiger partial charge < -0.3 is 20.5 Å². The van der Waals surface area contributed by atoms with Crippen molar-refractivity contribution in [1.29, 1.82) is 0 Å². The SMILES string of the molecule is CN=C(NCCc1c[nH]c2ccccc12)NCc1csc(N(C)C)n1. The van der Waals surface area contributed by atoms with E-state index in [0.29, 0.717) is 6.54 Å². The number of aromatic amines is 1. The Labute approximate surface area is 152 Å². The summed E-state index contributed by atoms with van der Waals surface area (Å²) in [7, 11) is 5.79. The highest BCUT2D eigenvalue weighted by molar-refractivity contribution is 7.13. The number of aliphatic imine (C=N–C) groups is 1. The molecule has 2 heterocycles. The highest BCUT2D eigenvalue weighted by atomic mass is 32.1. The van der Waals surface area contributed by atoms with Gasteiger partial charge in [0.2, 0.25) is 0 Å². The fraction of sp³-hybridized carbons (Fsp3) is 0.333. The summed E-state index contributed by atoms with van der Waals surface area (Å²) in [6.45, 7) is 1.48. The Bertz CT molecular complexity index is 848. The quantitative estimate of drug-likeness (QED) is 0.469. The minimum atomic E-state index is 0.664. The molecular weight excluding hydrogens is 332 g/mol. The molecule has 3 rings (SSSR count). The molecule has 0 saturated carbocycles. The van der Waals surface area contributed by atoms with E-state index in [1.807, 2.05) is 25.1 Å². The van der Waals surface area contributed by atoms with Crippen LogP contribution in [-0.4, -0.2) is 43.6 Å². The zero-order chi connectivity index (χ0) is 17.6. The van der Waals surface area contributed by atoms with Crippen LogP contribution in [0.5, 0.6) is 0 Å². The van der Waals surface area contributed by atoms with Gasteiger partial charge in [0, 0.05) is 50.2 Å². The standard InChI is InChI=1S/C18H24N6S/c1-19-17(22-11-14-12-25-18(23-14)24(2)3)20-9-8-13-10-21-16-7-5-4-6-15(13)16/h4-7,10,12,21H,8-9,11H2,1-3H3,(H2,19,20,22). The summed E-state index contributed by atoms with van der Waals surface area (Å²) in [4.78, 5) is 14.2. The number of nitrogens with one attached hydrogen (secondary N) is 3. The summed E-state index contributed by atoms with van der Waals surface area (Å²) < 4.78 is 0. The topological polar surface area (TPSA) is 68.3 Å². The molecule has 0 aliphatic rings. The van der Waals surface area contributed by atoms with Gasteiger partial charge in [-0.25, -0.2) is 4.98 Å². The van der Waals surface area contributed by atoms with Gasteiger partial charge >= 0.3 is 0 Å². The first-order valence-corrected chi connectivity index (χ1v) is 9.16. The van der Waals surface area contributed by atoms with Gasteiger partial charge in [0.25, 0.3) is 0 Å². The van der Waals surface area contributed by atoms with Crippen LogP contribution in [0, 0.1) is 0 Å². The van der Waals surface area contributed by atoms with Crippen molar-refractivity contribution in [1.82, 2.24) is 20.6 Å². The van der Waals surface area contributed by atoms with Crippen molar-refractivity contribution >= 4 is 33.3 Å². The van der Waals surface area contributed by atoms with E-state index in [4.69, 9.17) is 0 Å². The zero-order valence-corrected chi connectivity index (χ0v) is 15.7. The molecule has 7 heteroatoms. The van der Waals surface area contributed by atoms with Crippen LogP contribution in [0.2, 0.25) is 0 Å². The lowest BCUT2D eigenvalue weighted by molar-refractivity contribution is 0.787. The number of anilines is 1. The van der Waals surface area contributed by atoms with E-state index >= 15 is 0 Å². The van der Waals surface area contributed by atoms with E-state index in [9.17, 15) is 0 Å². The van der Waals surface area contributed by atoms with Crippen molar-refractivity contribution in [3.63, 3.8) is 0 Å². The van der Waals surface area contributed by atoms with Gasteiger partial charge in [-0.15, -0.1) is 11.3 Å². The molecule has 0 unspecified atom stereocenters. The number of rotatable bonds is 6. The summed E-state index contributed by atoms with van der Waals surface area (Å²) in [6, 6.07) is 8.37. The number of nitrogens with zero attached hydrogens (tertiary/aromatic N) is 3. The molecule has 6 nitrogen and oxygen atoms in total. The van der Waals surface area contributed by atoms with Crippen LogP contribution in [0.15, 0.2) is 40.8 Å². The Kier molecular flexibility index (Phi) is 5.55. The van der Waals surface area contributed by atoms with E-state index < -0.39 is 0 Å². The van der Waals surface area contributed by atoms with E-state index in [1.54, 1.807) is 18.4 Å². The third kappa shape index (κ3) is 4.30. The molecule has 0 amide bonds. The molecule has 25 heavy (non-hydrogen) atoms. The second-order valence-electron chi connectivity index (χ2n) is 5.98. The number of hydrogen-bond donors (Lipinski definition) is 3. The van der Waals surface area contributed by atoms with Crippen molar-refractivity contribution < 1.29 is 0 Å². The molecule has 0 spiro atoms. The summed E-state index contributed by atoms with van der Waals surface area (Å²) in [5, 5.41) is 11.0. The van der Waals surface area contributed by atoms with Gasteiger partial charge in [-0.05, 0) is 18.1 Å². The summed E-state index contributed by atoms with van der Waals surface area (Å²) in [6.07, 6.45) is 3.02. The van der Waals surface area contributed by atoms with E-state index in [1.165, 1.54) is 16.5 Å². The van der Waals surface area contributed by atoms with Gasteiger partial charge in [0.1, 0.15) is 0 Å². The van der Waals surface area contributed by atoms with Crippen LogP contribution in [0.3, 0.4) is 0 Å². The molecule has 0 radical (unpaired) electrons. The highest BCUT2D eigenvalue weighted by Crippen LogP contribution is 2.18. The van der Waals surface area contributed by atoms with Gasteiger partial charge in [-0.2, -0.15) is 0 Å². The van der Waals surface area contributed by atoms with Crippen molar-refractivity contribution in [2.75, 3.05) is 32.6 Å². The summed E-state index contributed by atoms with van der Waals surface area (Å²) >= 11 is 1.65. The Morgan fingerprint density at radius 1 is 1.28 bits per heavy atom. The first kappa shape index (κ1) is 17.3. The second-order valence-corrected chi connectivity index (χ2v) is 6.81. The average molecular weight is 356 g/mol. The van der Waals surface area contributed by atoms with Crippen LogP contribution in [-0.2, 0) is 13.0 Å². The van der Waals surface area contributed by atoms with Crippen LogP contribution < -0.4 is 15.5 Å². The van der Waals surface area contributed by atoms with E-state index in [2.05, 4.69) is 55.4 Å². The third-order valence-electron chi connectivity index (χ3n) is 3.94. The third-order valence-corrected chi connectivity index (χ3v) is 5.00. The molecule has 0 fully saturated rings. The van der Waals surface area contributed by atoms with Crippen molar-refractivity contribution in [3.8, 4) is 0 Å². The maximum absolute atomic E-state index is 4.57. The Morgan fingerprint density at radius 2 is 2.12 bits per heavy atom. The van der Waals surface area contributed by atoms with E-state index in [-0.39, 0.29) is 0 Å². The van der Waals surface area contributed by atoms with Gasteiger partial charge in [-0.1, -0.05) is 18.2 Å². The van der Waals surface area contributed by atoms with Gasteiger partial charge in [-0.3, -0.25) is 4.99 Å². The molecule has 132 valence electrons. The lowest BCUT2D eigenvalue weighted by Gasteiger charge is -2.11. The normalized spacial score (nSPS) is 11.7. The number of benzene rings is 1. The number of guanidine groups is 1. The zero-order valence-electron chi connectivity index (χ0n) is 14.8. The number of fused-ring (bicyclic) bond motifs is 1. The molecule has 1 aromatic carbocycles. The van der Waals surface area contributed by atoms with Crippen LogP contribution in [0.4, 0.5) is 5.13 Å². The molecule has 3 aromatic rings. The number of H-pyrrole nitrogens is 1. The molecule has 2 aromatic heterocycles. The Hall–Kier alpha value is -2.54. The highest BCUT2D eigenvalue weighted by Gasteiger charge is 2.06. The second kappa shape index (κ2) is 8.02. The number of aromatic nitrogens is 2. The maximum atomic E-state index is 4.57. The smallest absolute Gasteiger partial charge is 0.191 e. The summed E-state index contributed by atoms with van der Waals surface area (Å²) in [5.41, 5.74) is 3.52. The summed E-state index contributed by atoms with van der Waals surface area (Å²) in [5.74, 6) is 0.791. The van der Waals surface area contributed by atoms with E-state index in [0.717, 1.165) is 29.8 Å². The fourth-order valence-electron chi connectivity index (χ4n) is 2.63. The van der Waals surface area contributed by atoms with Crippen LogP contribution >= 0.6 is 11.3 Å². The van der Waals surface area contributed by atoms with Gasteiger partial charge in [0.05, 0.1) is 12.2 Å². The number of thiazole rings is 1.